The molecule has 0 aromatic carbocycles. The number of carbonyl (C=O) groups excluding carboxylic acids is 1. The van der Waals surface area contributed by atoms with Gasteiger partial charge in [0.05, 0.1) is 6.04 Å². The molecule has 22 heavy (non-hydrogen) atoms. The summed E-state index contributed by atoms with van der Waals surface area (Å²) in [5, 5.41) is 6.94. The van der Waals surface area contributed by atoms with Crippen LogP contribution in [0.4, 0.5) is 5.82 Å². The summed E-state index contributed by atoms with van der Waals surface area (Å²) in [6.45, 7) is 7.25. The summed E-state index contributed by atoms with van der Waals surface area (Å²) in [7, 11) is 0. The molecular weight excluding hydrogens is 278 g/mol. The number of anilines is 1. The third-order valence-corrected chi connectivity index (χ3v) is 4.89. The van der Waals surface area contributed by atoms with E-state index in [0.29, 0.717) is 11.9 Å². The number of hydrogen-bond donors (Lipinski definition) is 1. The van der Waals surface area contributed by atoms with Crippen LogP contribution in [0.3, 0.4) is 0 Å². The van der Waals surface area contributed by atoms with Gasteiger partial charge in [-0.2, -0.15) is 0 Å². The van der Waals surface area contributed by atoms with Crippen LogP contribution in [0, 0.1) is 0 Å². The molecule has 122 valence electrons. The van der Waals surface area contributed by atoms with Gasteiger partial charge in [-0.1, -0.05) is 38.8 Å². The second kappa shape index (κ2) is 6.03. The molecular formula is C17H27N3O2. The van der Waals surface area contributed by atoms with E-state index in [-0.39, 0.29) is 17.4 Å². The van der Waals surface area contributed by atoms with Gasteiger partial charge in [0.1, 0.15) is 5.76 Å². The van der Waals surface area contributed by atoms with E-state index in [1.54, 1.807) is 0 Å². The SMILES string of the molecule is CC(C)(C)c1cc(NC(=O)C2CCCN2C2CCCC2)no1. The van der Waals surface area contributed by atoms with Crippen LogP contribution in [-0.2, 0) is 10.2 Å². The molecule has 1 unspecified atom stereocenters. The van der Waals surface area contributed by atoms with Gasteiger partial charge in [-0.25, -0.2) is 0 Å². The van der Waals surface area contributed by atoms with Crippen molar-refractivity contribution in [3.05, 3.63) is 11.8 Å². The fourth-order valence-electron chi connectivity index (χ4n) is 3.64. The lowest BCUT2D eigenvalue weighted by atomic mass is 9.93. The molecule has 1 saturated heterocycles. The summed E-state index contributed by atoms with van der Waals surface area (Å²) in [6, 6.07) is 2.44. The largest absolute Gasteiger partial charge is 0.359 e. The second-order valence-corrected chi connectivity index (χ2v) is 7.65. The highest BCUT2D eigenvalue weighted by atomic mass is 16.5. The molecule has 2 heterocycles. The lowest BCUT2D eigenvalue weighted by Crippen LogP contribution is -2.44. The minimum atomic E-state index is -0.0980. The van der Waals surface area contributed by atoms with Crippen LogP contribution in [0.1, 0.15) is 65.1 Å². The van der Waals surface area contributed by atoms with Crippen molar-refractivity contribution in [2.75, 3.05) is 11.9 Å². The number of rotatable bonds is 3. The standard InChI is InChI=1S/C17H27N3O2/c1-17(2,3)14-11-15(19-22-14)18-16(21)13-9-6-10-20(13)12-7-4-5-8-12/h11-13H,4-10H2,1-3H3,(H,18,19,21). The van der Waals surface area contributed by atoms with E-state index in [0.717, 1.165) is 25.1 Å². The van der Waals surface area contributed by atoms with E-state index >= 15 is 0 Å². The van der Waals surface area contributed by atoms with Crippen LogP contribution in [0.2, 0.25) is 0 Å². The highest BCUT2D eigenvalue weighted by molar-refractivity contribution is 5.94. The number of aromatic nitrogens is 1. The first-order valence-corrected chi connectivity index (χ1v) is 8.49. The smallest absolute Gasteiger partial charge is 0.242 e. The molecule has 1 atom stereocenters. The molecule has 1 aliphatic heterocycles. The Labute approximate surface area is 132 Å². The van der Waals surface area contributed by atoms with Gasteiger partial charge >= 0.3 is 0 Å². The maximum Gasteiger partial charge on any atom is 0.242 e. The molecule has 1 amide bonds. The Kier molecular flexibility index (Phi) is 4.26. The van der Waals surface area contributed by atoms with Crippen molar-refractivity contribution in [3.8, 4) is 0 Å². The third-order valence-electron chi connectivity index (χ3n) is 4.89. The van der Waals surface area contributed by atoms with Crippen molar-refractivity contribution in [1.82, 2.24) is 10.1 Å². The van der Waals surface area contributed by atoms with Crippen molar-refractivity contribution in [3.63, 3.8) is 0 Å². The predicted molar refractivity (Wildman–Crippen MR) is 85.8 cm³/mol. The molecule has 0 bridgehead atoms. The summed E-state index contributed by atoms with van der Waals surface area (Å²) in [5.41, 5.74) is -0.0980. The molecule has 1 aromatic heterocycles. The predicted octanol–water partition coefficient (Wildman–Crippen LogP) is 3.32. The summed E-state index contributed by atoms with van der Waals surface area (Å²) in [5.74, 6) is 1.40. The van der Waals surface area contributed by atoms with Gasteiger partial charge in [0.15, 0.2) is 5.82 Å². The molecule has 3 rings (SSSR count). The summed E-state index contributed by atoms with van der Waals surface area (Å²) in [4.78, 5) is 15.0. The van der Waals surface area contributed by atoms with Gasteiger partial charge in [-0.05, 0) is 32.2 Å². The van der Waals surface area contributed by atoms with Crippen LogP contribution in [0.15, 0.2) is 10.6 Å². The summed E-state index contributed by atoms with van der Waals surface area (Å²) < 4.78 is 5.34. The average Bonchev–Trinajstić information content (AvgIpc) is 3.18. The van der Waals surface area contributed by atoms with E-state index in [9.17, 15) is 4.79 Å². The maximum atomic E-state index is 12.6. The molecule has 1 aliphatic carbocycles. The Morgan fingerprint density at radius 3 is 2.64 bits per heavy atom. The van der Waals surface area contributed by atoms with E-state index < -0.39 is 0 Å². The Morgan fingerprint density at radius 1 is 1.27 bits per heavy atom. The molecule has 1 saturated carbocycles. The van der Waals surface area contributed by atoms with Crippen molar-refractivity contribution in [2.45, 2.75) is 76.8 Å². The Morgan fingerprint density at radius 2 is 2.00 bits per heavy atom. The minimum Gasteiger partial charge on any atom is -0.359 e. The molecule has 0 radical (unpaired) electrons. The summed E-state index contributed by atoms with van der Waals surface area (Å²) in [6.07, 6.45) is 7.14. The lowest BCUT2D eigenvalue weighted by molar-refractivity contribution is -0.121. The highest BCUT2D eigenvalue weighted by Gasteiger charge is 2.36. The molecule has 1 aromatic rings. The Balaban J connectivity index is 1.64. The zero-order valence-electron chi connectivity index (χ0n) is 13.9. The van der Waals surface area contributed by atoms with Crippen molar-refractivity contribution >= 4 is 11.7 Å². The monoisotopic (exact) mass is 305 g/mol. The van der Waals surface area contributed by atoms with Crippen molar-refractivity contribution in [1.29, 1.82) is 0 Å². The first-order chi connectivity index (χ1) is 10.4. The van der Waals surface area contributed by atoms with Gasteiger partial charge in [-0.3, -0.25) is 9.69 Å². The first kappa shape index (κ1) is 15.5. The van der Waals surface area contributed by atoms with Crippen LogP contribution >= 0.6 is 0 Å². The zero-order valence-corrected chi connectivity index (χ0v) is 13.9. The fourth-order valence-corrected chi connectivity index (χ4v) is 3.64. The quantitative estimate of drug-likeness (QED) is 0.930. The number of nitrogens with one attached hydrogen (secondary N) is 1. The normalized spacial score (nSPS) is 24.0. The number of nitrogens with zero attached hydrogens (tertiary/aromatic N) is 2. The lowest BCUT2D eigenvalue weighted by Gasteiger charge is -2.29. The fraction of sp³-hybridized carbons (Fsp3) is 0.765. The van der Waals surface area contributed by atoms with Crippen LogP contribution in [0.5, 0.6) is 0 Å². The van der Waals surface area contributed by atoms with Gasteiger partial charge < -0.3 is 9.84 Å². The second-order valence-electron chi connectivity index (χ2n) is 7.65. The molecule has 0 spiro atoms. The number of hydrogen-bond acceptors (Lipinski definition) is 4. The van der Waals surface area contributed by atoms with Gasteiger partial charge in [-0.15, -0.1) is 0 Å². The zero-order chi connectivity index (χ0) is 15.7. The Hall–Kier alpha value is -1.36. The van der Waals surface area contributed by atoms with Crippen LogP contribution in [-0.4, -0.2) is 34.6 Å². The molecule has 5 nitrogen and oxygen atoms in total. The topological polar surface area (TPSA) is 58.4 Å². The van der Waals surface area contributed by atoms with Crippen LogP contribution < -0.4 is 5.32 Å². The molecule has 2 aliphatic rings. The Bertz CT molecular complexity index is 526. The van der Waals surface area contributed by atoms with E-state index in [4.69, 9.17) is 4.52 Å². The average molecular weight is 305 g/mol. The van der Waals surface area contributed by atoms with Gasteiger partial charge in [0.25, 0.3) is 0 Å². The number of likely N-dealkylation sites (tertiary alicyclic amines) is 1. The van der Waals surface area contributed by atoms with Crippen molar-refractivity contribution in [2.24, 2.45) is 0 Å². The summed E-state index contributed by atoms with van der Waals surface area (Å²) >= 11 is 0. The van der Waals surface area contributed by atoms with E-state index in [1.807, 2.05) is 6.07 Å². The number of amides is 1. The van der Waals surface area contributed by atoms with Crippen LogP contribution in [0.25, 0.3) is 0 Å². The minimum absolute atomic E-state index is 0.00196. The molecule has 1 N–H and O–H groups in total. The molecule has 5 heteroatoms. The van der Waals surface area contributed by atoms with E-state index in [1.165, 1.54) is 25.7 Å². The van der Waals surface area contributed by atoms with Crippen molar-refractivity contribution < 1.29 is 9.32 Å². The third kappa shape index (κ3) is 3.19. The van der Waals surface area contributed by atoms with Gasteiger partial charge in [0, 0.05) is 17.5 Å². The number of carbonyl (C=O) groups is 1. The first-order valence-electron chi connectivity index (χ1n) is 8.49. The maximum absolute atomic E-state index is 12.6. The molecule has 2 fully saturated rings. The highest BCUT2D eigenvalue weighted by Crippen LogP contribution is 2.31. The van der Waals surface area contributed by atoms with E-state index in [2.05, 4.69) is 36.1 Å². The van der Waals surface area contributed by atoms with Gasteiger partial charge in [0.2, 0.25) is 5.91 Å².